The van der Waals surface area contributed by atoms with E-state index in [2.05, 4.69) is 24.5 Å². The molecule has 2 unspecified atom stereocenters. The van der Waals surface area contributed by atoms with E-state index < -0.39 is 18.0 Å². The largest absolute Gasteiger partial charge is 0.480 e. The molecule has 0 bridgehead atoms. The molecule has 0 spiro atoms. The summed E-state index contributed by atoms with van der Waals surface area (Å²) < 4.78 is 0. The number of urea groups is 1. The molecule has 0 aromatic rings. The van der Waals surface area contributed by atoms with Crippen LogP contribution in [0.15, 0.2) is 0 Å². The maximum absolute atomic E-state index is 11.7. The van der Waals surface area contributed by atoms with Gasteiger partial charge in [0.1, 0.15) is 6.04 Å². The average Bonchev–Trinajstić information content (AvgIpc) is 2.33. The zero-order valence-corrected chi connectivity index (χ0v) is 13.0. The number of rotatable bonds is 9. The molecule has 0 fully saturated rings. The van der Waals surface area contributed by atoms with Gasteiger partial charge in [-0.3, -0.25) is 0 Å². The third kappa shape index (κ3) is 8.75. The van der Waals surface area contributed by atoms with Gasteiger partial charge in [0.2, 0.25) is 0 Å². The number of thioether (sulfide) groups is 1. The molecule has 112 valence electrons. The molecule has 0 aromatic heterocycles. The number of amides is 2. The van der Waals surface area contributed by atoms with Crippen LogP contribution in [0.3, 0.4) is 0 Å². The van der Waals surface area contributed by atoms with Gasteiger partial charge in [-0.25, -0.2) is 9.59 Å². The Morgan fingerprint density at radius 1 is 1.26 bits per heavy atom. The van der Waals surface area contributed by atoms with Crippen LogP contribution in [0, 0.1) is 5.92 Å². The highest BCUT2D eigenvalue weighted by Crippen LogP contribution is 2.09. The molecule has 0 aliphatic rings. The van der Waals surface area contributed by atoms with E-state index in [0.29, 0.717) is 18.1 Å². The number of carbonyl (C=O) groups is 2. The van der Waals surface area contributed by atoms with Gasteiger partial charge in [-0.2, -0.15) is 11.8 Å². The Morgan fingerprint density at radius 2 is 1.89 bits per heavy atom. The minimum absolute atomic E-state index is 0.0462. The van der Waals surface area contributed by atoms with Crippen molar-refractivity contribution in [2.24, 2.45) is 5.92 Å². The molecule has 6 heteroatoms. The van der Waals surface area contributed by atoms with Crippen LogP contribution in [0.4, 0.5) is 4.79 Å². The second kappa shape index (κ2) is 9.95. The van der Waals surface area contributed by atoms with Gasteiger partial charge in [-0.05, 0) is 37.7 Å². The molecule has 0 aliphatic heterocycles. The minimum atomic E-state index is -0.987. The van der Waals surface area contributed by atoms with E-state index in [0.717, 1.165) is 12.8 Å². The van der Waals surface area contributed by atoms with E-state index in [-0.39, 0.29) is 6.04 Å². The molecule has 3 N–H and O–H groups in total. The maximum Gasteiger partial charge on any atom is 0.326 e. The van der Waals surface area contributed by atoms with Crippen LogP contribution in [-0.4, -0.2) is 41.2 Å². The predicted molar refractivity (Wildman–Crippen MR) is 79.6 cm³/mol. The van der Waals surface area contributed by atoms with Gasteiger partial charge < -0.3 is 15.7 Å². The Kier molecular flexibility index (Phi) is 9.47. The van der Waals surface area contributed by atoms with Crippen LogP contribution in [0.2, 0.25) is 0 Å². The maximum atomic E-state index is 11.7. The number of hydrogen-bond acceptors (Lipinski definition) is 3. The van der Waals surface area contributed by atoms with Gasteiger partial charge in [0.25, 0.3) is 0 Å². The quantitative estimate of drug-likeness (QED) is 0.609. The highest BCUT2D eigenvalue weighted by Gasteiger charge is 2.20. The van der Waals surface area contributed by atoms with Crippen LogP contribution in [-0.2, 0) is 4.79 Å². The standard InChI is InChI=1S/C13H26N2O3S/c1-5-9(2)8-10(3)14-13(18)15-11(12(16)17)6-7-19-4/h9-11H,5-8H2,1-4H3,(H,16,17)(H2,14,15,18)/t9?,10?,11-/m1/s1. The molecule has 0 heterocycles. The summed E-state index contributed by atoms with van der Waals surface area (Å²) in [7, 11) is 0. The molecule has 0 radical (unpaired) electrons. The Balaban J connectivity index is 4.14. The zero-order valence-electron chi connectivity index (χ0n) is 12.2. The molecular formula is C13H26N2O3S. The number of carboxylic acid groups (broad SMARTS) is 1. The SMILES string of the molecule is CCC(C)CC(C)NC(=O)N[C@H](CCSC)C(=O)O. The monoisotopic (exact) mass is 290 g/mol. The Bertz CT molecular complexity index is 287. The lowest BCUT2D eigenvalue weighted by molar-refractivity contribution is -0.139. The molecular weight excluding hydrogens is 264 g/mol. The van der Waals surface area contributed by atoms with E-state index >= 15 is 0 Å². The fourth-order valence-electron chi connectivity index (χ4n) is 1.75. The first-order valence-electron chi connectivity index (χ1n) is 6.69. The lowest BCUT2D eigenvalue weighted by Crippen LogP contribution is -2.48. The lowest BCUT2D eigenvalue weighted by atomic mass is 10.0. The highest BCUT2D eigenvalue weighted by atomic mass is 32.2. The van der Waals surface area contributed by atoms with Crippen molar-refractivity contribution in [3.8, 4) is 0 Å². The lowest BCUT2D eigenvalue weighted by Gasteiger charge is -2.20. The van der Waals surface area contributed by atoms with Crippen LogP contribution < -0.4 is 10.6 Å². The van der Waals surface area contributed by atoms with Gasteiger partial charge in [-0.1, -0.05) is 20.3 Å². The molecule has 0 rings (SSSR count). The third-order valence-electron chi connectivity index (χ3n) is 3.04. The Hall–Kier alpha value is -0.910. The minimum Gasteiger partial charge on any atom is -0.480 e. The van der Waals surface area contributed by atoms with Gasteiger partial charge in [0, 0.05) is 6.04 Å². The third-order valence-corrected chi connectivity index (χ3v) is 3.69. The number of carbonyl (C=O) groups excluding carboxylic acids is 1. The molecule has 2 amide bonds. The van der Waals surface area contributed by atoms with E-state index in [4.69, 9.17) is 5.11 Å². The molecule has 0 saturated heterocycles. The van der Waals surface area contributed by atoms with Crippen molar-refractivity contribution in [1.82, 2.24) is 10.6 Å². The van der Waals surface area contributed by atoms with E-state index in [1.165, 1.54) is 0 Å². The fourth-order valence-corrected chi connectivity index (χ4v) is 2.22. The second-order valence-corrected chi connectivity index (χ2v) is 5.93. The van der Waals surface area contributed by atoms with Gasteiger partial charge in [-0.15, -0.1) is 0 Å². The summed E-state index contributed by atoms with van der Waals surface area (Å²) in [6.45, 7) is 6.18. The van der Waals surface area contributed by atoms with Gasteiger partial charge in [0.05, 0.1) is 0 Å². The summed E-state index contributed by atoms with van der Waals surface area (Å²) in [6.07, 6.45) is 4.31. The summed E-state index contributed by atoms with van der Waals surface area (Å²) >= 11 is 1.56. The normalized spacial score (nSPS) is 15.4. The van der Waals surface area contributed by atoms with Crippen molar-refractivity contribution in [3.05, 3.63) is 0 Å². The summed E-state index contributed by atoms with van der Waals surface area (Å²) in [5, 5.41) is 14.3. The van der Waals surface area contributed by atoms with Crippen LogP contribution in [0.25, 0.3) is 0 Å². The summed E-state index contributed by atoms with van der Waals surface area (Å²) in [5.74, 6) is 0.264. The van der Waals surface area contributed by atoms with Crippen molar-refractivity contribution < 1.29 is 14.7 Å². The van der Waals surface area contributed by atoms with Crippen molar-refractivity contribution in [3.63, 3.8) is 0 Å². The first-order valence-corrected chi connectivity index (χ1v) is 8.08. The first kappa shape index (κ1) is 18.1. The Labute approximate surface area is 119 Å². The van der Waals surface area contributed by atoms with Gasteiger partial charge in [0.15, 0.2) is 0 Å². The van der Waals surface area contributed by atoms with Crippen molar-refractivity contribution >= 4 is 23.8 Å². The summed E-state index contributed by atoms with van der Waals surface area (Å²) in [6, 6.07) is -1.17. The first-order chi connectivity index (χ1) is 8.90. The topological polar surface area (TPSA) is 78.4 Å². The van der Waals surface area contributed by atoms with Crippen LogP contribution in [0.5, 0.6) is 0 Å². The zero-order chi connectivity index (χ0) is 14.8. The Morgan fingerprint density at radius 3 is 2.37 bits per heavy atom. The predicted octanol–water partition coefficient (Wildman–Crippen LogP) is 2.32. The fraction of sp³-hybridized carbons (Fsp3) is 0.846. The van der Waals surface area contributed by atoms with E-state index in [1.807, 2.05) is 13.2 Å². The summed E-state index contributed by atoms with van der Waals surface area (Å²) in [5.41, 5.74) is 0. The van der Waals surface area contributed by atoms with Crippen molar-refractivity contribution in [1.29, 1.82) is 0 Å². The van der Waals surface area contributed by atoms with Crippen LogP contribution >= 0.6 is 11.8 Å². The number of hydrogen-bond donors (Lipinski definition) is 3. The van der Waals surface area contributed by atoms with Crippen LogP contribution in [0.1, 0.15) is 40.0 Å². The number of nitrogens with one attached hydrogen (secondary N) is 2. The second-order valence-electron chi connectivity index (χ2n) is 4.94. The van der Waals surface area contributed by atoms with Crippen molar-refractivity contribution in [2.75, 3.05) is 12.0 Å². The molecule has 3 atom stereocenters. The highest BCUT2D eigenvalue weighted by molar-refractivity contribution is 7.98. The molecule has 0 aromatic carbocycles. The van der Waals surface area contributed by atoms with E-state index in [9.17, 15) is 9.59 Å². The number of aliphatic carboxylic acids is 1. The molecule has 0 aliphatic carbocycles. The van der Waals surface area contributed by atoms with Gasteiger partial charge >= 0.3 is 12.0 Å². The average molecular weight is 290 g/mol. The number of carboxylic acids is 1. The molecule has 5 nitrogen and oxygen atoms in total. The molecule has 0 saturated carbocycles. The van der Waals surface area contributed by atoms with E-state index in [1.54, 1.807) is 11.8 Å². The van der Waals surface area contributed by atoms with Crippen molar-refractivity contribution in [2.45, 2.75) is 52.1 Å². The smallest absolute Gasteiger partial charge is 0.326 e. The summed E-state index contributed by atoms with van der Waals surface area (Å²) in [4.78, 5) is 22.7. The molecule has 19 heavy (non-hydrogen) atoms.